The minimum absolute atomic E-state index is 0.0722. The Morgan fingerprint density at radius 3 is 2.62 bits per heavy atom. The number of halogens is 2. The van der Waals surface area contributed by atoms with Gasteiger partial charge in [-0.1, -0.05) is 29.3 Å². The van der Waals surface area contributed by atoms with Gasteiger partial charge in [-0.05, 0) is 43.0 Å². The number of carbonyl (C=O) groups is 2. The molecule has 21 heavy (non-hydrogen) atoms. The molecule has 1 aromatic carbocycles. The van der Waals surface area contributed by atoms with E-state index in [2.05, 4.69) is 5.32 Å². The SMILES string of the molecule is O=C(C=Cc1ccc(Cl)c(Cl)c1)NC1CCC(C(=O)O)C1. The summed E-state index contributed by atoms with van der Waals surface area (Å²) in [6.45, 7) is 0. The van der Waals surface area contributed by atoms with Crippen molar-refractivity contribution in [2.75, 3.05) is 0 Å². The first-order valence-corrected chi connectivity index (χ1v) is 7.37. The number of nitrogens with one attached hydrogen (secondary N) is 1. The summed E-state index contributed by atoms with van der Waals surface area (Å²) in [4.78, 5) is 22.6. The van der Waals surface area contributed by atoms with Crippen LogP contribution in [0.3, 0.4) is 0 Å². The third-order valence-electron chi connectivity index (χ3n) is 3.50. The van der Waals surface area contributed by atoms with Gasteiger partial charge in [0.15, 0.2) is 0 Å². The number of hydrogen-bond acceptors (Lipinski definition) is 2. The number of carboxylic acids is 1. The molecule has 0 heterocycles. The first kappa shape index (κ1) is 15.9. The molecule has 4 nitrogen and oxygen atoms in total. The van der Waals surface area contributed by atoms with Crippen LogP contribution in [-0.2, 0) is 9.59 Å². The smallest absolute Gasteiger partial charge is 0.306 e. The number of carbonyl (C=O) groups excluding carboxylic acids is 1. The average Bonchev–Trinajstić information content (AvgIpc) is 2.89. The Morgan fingerprint density at radius 1 is 1.24 bits per heavy atom. The molecule has 0 aromatic heterocycles. The molecule has 1 amide bonds. The largest absolute Gasteiger partial charge is 0.481 e. The van der Waals surface area contributed by atoms with Gasteiger partial charge < -0.3 is 10.4 Å². The van der Waals surface area contributed by atoms with E-state index < -0.39 is 5.97 Å². The van der Waals surface area contributed by atoms with Crippen molar-refractivity contribution < 1.29 is 14.7 Å². The summed E-state index contributed by atoms with van der Waals surface area (Å²) in [6.07, 6.45) is 4.84. The van der Waals surface area contributed by atoms with Crippen molar-refractivity contribution >= 4 is 41.2 Å². The fraction of sp³-hybridized carbons (Fsp3) is 0.333. The van der Waals surface area contributed by atoms with Crippen LogP contribution in [0.15, 0.2) is 24.3 Å². The molecule has 0 bridgehead atoms. The maximum atomic E-state index is 11.8. The van der Waals surface area contributed by atoms with E-state index in [0.29, 0.717) is 29.3 Å². The Bertz CT molecular complexity index is 586. The second-order valence-electron chi connectivity index (χ2n) is 5.06. The van der Waals surface area contributed by atoms with Gasteiger partial charge in [-0.25, -0.2) is 0 Å². The van der Waals surface area contributed by atoms with Gasteiger partial charge in [0.1, 0.15) is 0 Å². The highest BCUT2D eigenvalue weighted by atomic mass is 35.5. The lowest BCUT2D eigenvalue weighted by Crippen LogP contribution is -2.31. The zero-order valence-corrected chi connectivity index (χ0v) is 12.7. The molecule has 1 aliphatic rings. The van der Waals surface area contributed by atoms with E-state index in [1.807, 2.05) is 0 Å². The molecule has 6 heteroatoms. The summed E-state index contributed by atoms with van der Waals surface area (Å²) in [5.74, 6) is -1.38. The van der Waals surface area contributed by atoms with Gasteiger partial charge in [0.25, 0.3) is 0 Å². The molecule has 1 saturated carbocycles. The lowest BCUT2D eigenvalue weighted by Gasteiger charge is -2.10. The normalized spacial score (nSPS) is 21.6. The Hall–Kier alpha value is -1.52. The maximum Gasteiger partial charge on any atom is 0.306 e. The second-order valence-corrected chi connectivity index (χ2v) is 5.88. The third-order valence-corrected chi connectivity index (χ3v) is 4.24. The molecular weight excluding hydrogens is 313 g/mol. The molecule has 2 unspecified atom stereocenters. The summed E-state index contributed by atoms with van der Waals surface area (Å²) in [6, 6.07) is 5.02. The summed E-state index contributed by atoms with van der Waals surface area (Å²) >= 11 is 11.7. The van der Waals surface area contributed by atoms with E-state index >= 15 is 0 Å². The minimum Gasteiger partial charge on any atom is -0.481 e. The summed E-state index contributed by atoms with van der Waals surface area (Å²) < 4.78 is 0. The number of carboxylic acid groups (broad SMARTS) is 1. The first-order chi connectivity index (χ1) is 9.95. The van der Waals surface area contributed by atoms with Crippen LogP contribution >= 0.6 is 23.2 Å². The van der Waals surface area contributed by atoms with E-state index in [-0.39, 0.29) is 17.9 Å². The highest BCUT2D eigenvalue weighted by molar-refractivity contribution is 6.42. The number of aliphatic carboxylic acids is 1. The topological polar surface area (TPSA) is 66.4 Å². The monoisotopic (exact) mass is 327 g/mol. The Balaban J connectivity index is 1.88. The lowest BCUT2D eigenvalue weighted by atomic mass is 10.1. The van der Waals surface area contributed by atoms with Gasteiger partial charge >= 0.3 is 5.97 Å². The predicted octanol–water partition coefficient (Wildman–Crippen LogP) is 3.38. The van der Waals surface area contributed by atoms with Crippen LogP contribution < -0.4 is 5.32 Å². The molecule has 0 saturated heterocycles. The molecular formula is C15H15Cl2NO3. The number of amides is 1. The zero-order chi connectivity index (χ0) is 15.4. The van der Waals surface area contributed by atoms with Crippen molar-refractivity contribution in [3.63, 3.8) is 0 Å². The van der Waals surface area contributed by atoms with E-state index in [9.17, 15) is 9.59 Å². The predicted molar refractivity (Wildman–Crippen MR) is 82.4 cm³/mol. The number of benzene rings is 1. The van der Waals surface area contributed by atoms with Crippen molar-refractivity contribution in [1.29, 1.82) is 0 Å². The van der Waals surface area contributed by atoms with Crippen molar-refractivity contribution in [2.45, 2.75) is 25.3 Å². The van der Waals surface area contributed by atoms with E-state index in [4.69, 9.17) is 28.3 Å². The van der Waals surface area contributed by atoms with Gasteiger partial charge in [0.2, 0.25) is 5.91 Å². The zero-order valence-electron chi connectivity index (χ0n) is 11.2. The standard InChI is InChI=1S/C15H15Cl2NO3/c16-12-5-1-9(7-13(12)17)2-6-14(19)18-11-4-3-10(8-11)15(20)21/h1-2,5-7,10-11H,3-4,8H2,(H,18,19)(H,20,21). The molecule has 112 valence electrons. The first-order valence-electron chi connectivity index (χ1n) is 6.62. The van der Waals surface area contributed by atoms with Crippen LogP contribution in [0.4, 0.5) is 0 Å². The van der Waals surface area contributed by atoms with Crippen LogP contribution in [0.25, 0.3) is 6.08 Å². The molecule has 0 spiro atoms. The molecule has 1 aliphatic carbocycles. The average molecular weight is 328 g/mol. The molecule has 1 aromatic rings. The van der Waals surface area contributed by atoms with Gasteiger partial charge in [-0.2, -0.15) is 0 Å². The van der Waals surface area contributed by atoms with Crippen LogP contribution in [0.5, 0.6) is 0 Å². The number of rotatable bonds is 4. The van der Waals surface area contributed by atoms with E-state index in [1.54, 1.807) is 24.3 Å². The van der Waals surface area contributed by atoms with E-state index in [0.717, 1.165) is 5.56 Å². The summed E-state index contributed by atoms with van der Waals surface area (Å²) in [5, 5.41) is 12.6. The molecule has 2 atom stereocenters. The van der Waals surface area contributed by atoms with Crippen molar-refractivity contribution in [2.24, 2.45) is 5.92 Å². The van der Waals surface area contributed by atoms with Gasteiger partial charge in [-0.3, -0.25) is 9.59 Å². The molecule has 1 fully saturated rings. The molecule has 0 aliphatic heterocycles. The van der Waals surface area contributed by atoms with Crippen LogP contribution in [-0.4, -0.2) is 23.0 Å². The molecule has 2 rings (SSSR count). The molecule has 0 radical (unpaired) electrons. The van der Waals surface area contributed by atoms with Gasteiger partial charge in [-0.15, -0.1) is 0 Å². The molecule has 2 N–H and O–H groups in total. The Kier molecular flexibility index (Phi) is 5.26. The van der Waals surface area contributed by atoms with Crippen molar-refractivity contribution in [3.8, 4) is 0 Å². The highest BCUT2D eigenvalue weighted by Gasteiger charge is 2.30. The van der Waals surface area contributed by atoms with Crippen LogP contribution in [0.2, 0.25) is 10.0 Å². The highest BCUT2D eigenvalue weighted by Crippen LogP contribution is 2.26. The fourth-order valence-electron chi connectivity index (χ4n) is 2.37. The lowest BCUT2D eigenvalue weighted by molar-refractivity contribution is -0.141. The third kappa shape index (κ3) is 4.48. The minimum atomic E-state index is -0.793. The summed E-state index contributed by atoms with van der Waals surface area (Å²) in [7, 11) is 0. The maximum absolute atomic E-state index is 11.8. The van der Waals surface area contributed by atoms with Crippen molar-refractivity contribution in [3.05, 3.63) is 39.9 Å². The summed E-state index contributed by atoms with van der Waals surface area (Å²) in [5.41, 5.74) is 0.773. The van der Waals surface area contributed by atoms with Gasteiger partial charge in [0, 0.05) is 12.1 Å². The fourth-order valence-corrected chi connectivity index (χ4v) is 2.68. The van der Waals surface area contributed by atoms with Crippen LogP contribution in [0.1, 0.15) is 24.8 Å². The van der Waals surface area contributed by atoms with Crippen molar-refractivity contribution in [1.82, 2.24) is 5.32 Å². The van der Waals surface area contributed by atoms with Gasteiger partial charge in [0.05, 0.1) is 16.0 Å². The quantitative estimate of drug-likeness (QED) is 0.833. The number of hydrogen-bond donors (Lipinski definition) is 2. The van der Waals surface area contributed by atoms with E-state index in [1.165, 1.54) is 6.08 Å². The Labute approximate surface area is 132 Å². The van der Waals surface area contributed by atoms with Crippen LogP contribution in [0, 0.1) is 5.92 Å². The Morgan fingerprint density at radius 2 is 2.00 bits per heavy atom. The second kappa shape index (κ2) is 6.96.